The first-order chi connectivity index (χ1) is 10.4. The number of ether oxygens (including phenoxy) is 1. The highest BCUT2D eigenvalue weighted by molar-refractivity contribution is 7.89. The molecule has 0 radical (unpaired) electrons. The monoisotopic (exact) mass is 326 g/mol. The Morgan fingerprint density at radius 2 is 1.86 bits per heavy atom. The Morgan fingerprint density at radius 1 is 1.23 bits per heavy atom. The summed E-state index contributed by atoms with van der Waals surface area (Å²) in [7, 11) is -3.67. The van der Waals surface area contributed by atoms with E-state index < -0.39 is 10.0 Å². The second-order valence-electron chi connectivity index (χ2n) is 5.56. The van der Waals surface area contributed by atoms with Gasteiger partial charge in [0.1, 0.15) is 0 Å². The third kappa shape index (κ3) is 5.40. The molecule has 0 unspecified atom stereocenters. The SMILES string of the molecule is NS(=O)(=O)c1ccc(CNC(=O)CCC2CCOCC2)cc1. The van der Waals surface area contributed by atoms with Crippen molar-refractivity contribution in [3.8, 4) is 0 Å². The van der Waals surface area contributed by atoms with Crippen LogP contribution < -0.4 is 10.5 Å². The quantitative estimate of drug-likeness (QED) is 0.819. The van der Waals surface area contributed by atoms with Crippen LogP contribution in [-0.2, 0) is 26.1 Å². The lowest BCUT2D eigenvalue weighted by molar-refractivity contribution is -0.121. The van der Waals surface area contributed by atoms with Gasteiger partial charge in [-0.25, -0.2) is 13.6 Å². The van der Waals surface area contributed by atoms with Crippen LogP contribution in [0.4, 0.5) is 0 Å². The Kier molecular flexibility index (Phi) is 5.93. The third-order valence-corrected chi connectivity index (χ3v) is 4.79. The molecule has 2 rings (SSSR count). The van der Waals surface area contributed by atoms with Gasteiger partial charge in [-0.3, -0.25) is 4.79 Å². The summed E-state index contributed by atoms with van der Waals surface area (Å²) in [6, 6.07) is 6.19. The molecule has 0 spiro atoms. The van der Waals surface area contributed by atoms with E-state index in [1.54, 1.807) is 12.1 Å². The zero-order valence-electron chi connectivity index (χ0n) is 12.5. The second kappa shape index (κ2) is 7.71. The number of nitrogens with one attached hydrogen (secondary N) is 1. The van der Waals surface area contributed by atoms with Crippen molar-refractivity contribution in [3.63, 3.8) is 0 Å². The van der Waals surface area contributed by atoms with Crippen LogP contribution in [0.25, 0.3) is 0 Å². The van der Waals surface area contributed by atoms with Gasteiger partial charge in [-0.2, -0.15) is 0 Å². The van der Waals surface area contributed by atoms with Gasteiger partial charge in [0.2, 0.25) is 15.9 Å². The van der Waals surface area contributed by atoms with Gasteiger partial charge in [-0.1, -0.05) is 12.1 Å². The number of carbonyl (C=O) groups excluding carboxylic acids is 1. The number of hydrogen-bond donors (Lipinski definition) is 2. The Balaban J connectivity index is 1.73. The van der Waals surface area contributed by atoms with Gasteiger partial charge < -0.3 is 10.1 Å². The first-order valence-corrected chi connectivity index (χ1v) is 8.96. The van der Waals surface area contributed by atoms with E-state index in [1.807, 2.05) is 0 Å². The Hall–Kier alpha value is -1.44. The molecule has 3 N–H and O–H groups in total. The topological polar surface area (TPSA) is 98.5 Å². The van der Waals surface area contributed by atoms with Crippen molar-refractivity contribution in [2.75, 3.05) is 13.2 Å². The average Bonchev–Trinajstić information content (AvgIpc) is 2.51. The van der Waals surface area contributed by atoms with Gasteiger partial charge in [0.05, 0.1) is 4.90 Å². The minimum atomic E-state index is -3.67. The zero-order chi connectivity index (χ0) is 16.0. The lowest BCUT2D eigenvalue weighted by atomic mass is 9.95. The lowest BCUT2D eigenvalue weighted by Crippen LogP contribution is -2.24. The third-order valence-electron chi connectivity index (χ3n) is 3.86. The molecule has 0 atom stereocenters. The largest absolute Gasteiger partial charge is 0.381 e. The van der Waals surface area contributed by atoms with E-state index in [0.717, 1.165) is 38.0 Å². The maximum atomic E-state index is 11.8. The molecule has 6 nitrogen and oxygen atoms in total. The van der Waals surface area contributed by atoms with Gasteiger partial charge in [-0.05, 0) is 42.9 Å². The fourth-order valence-corrected chi connectivity index (χ4v) is 2.97. The van der Waals surface area contributed by atoms with Crippen LogP contribution >= 0.6 is 0 Å². The summed E-state index contributed by atoms with van der Waals surface area (Å²) >= 11 is 0. The number of amides is 1. The number of nitrogens with two attached hydrogens (primary N) is 1. The van der Waals surface area contributed by atoms with Crippen molar-refractivity contribution in [2.45, 2.75) is 37.1 Å². The van der Waals surface area contributed by atoms with E-state index >= 15 is 0 Å². The number of sulfonamides is 1. The van der Waals surface area contributed by atoms with Gasteiger partial charge in [-0.15, -0.1) is 0 Å². The second-order valence-corrected chi connectivity index (χ2v) is 7.12. The standard InChI is InChI=1S/C15H22N2O4S/c16-22(19,20)14-4-1-13(2-5-14)11-17-15(18)6-3-12-7-9-21-10-8-12/h1-2,4-5,12H,3,6-11H2,(H,17,18)(H2,16,19,20). The highest BCUT2D eigenvalue weighted by atomic mass is 32.2. The van der Waals surface area contributed by atoms with E-state index in [2.05, 4.69) is 5.32 Å². The molecule has 0 saturated carbocycles. The first-order valence-electron chi connectivity index (χ1n) is 7.41. The van der Waals surface area contributed by atoms with Crippen LogP contribution in [0, 0.1) is 5.92 Å². The first kappa shape index (κ1) is 16.9. The van der Waals surface area contributed by atoms with Crippen LogP contribution in [-0.4, -0.2) is 27.5 Å². The van der Waals surface area contributed by atoms with Crippen LogP contribution in [0.2, 0.25) is 0 Å². The molecule has 122 valence electrons. The predicted molar refractivity (Wildman–Crippen MR) is 82.4 cm³/mol. The molecule has 0 aliphatic carbocycles. The molecule has 1 fully saturated rings. The Labute approximate surface area is 131 Å². The molecule has 1 aromatic rings. The summed E-state index contributed by atoms with van der Waals surface area (Å²) in [6.45, 7) is 1.98. The van der Waals surface area contributed by atoms with E-state index in [9.17, 15) is 13.2 Å². The van der Waals surface area contributed by atoms with Crippen LogP contribution in [0.3, 0.4) is 0 Å². The molecule has 1 amide bonds. The highest BCUT2D eigenvalue weighted by Crippen LogP contribution is 2.19. The van der Waals surface area contributed by atoms with Gasteiger partial charge >= 0.3 is 0 Å². The fourth-order valence-electron chi connectivity index (χ4n) is 2.46. The molecular weight excluding hydrogens is 304 g/mol. The molecule has 1 aliphatic rings. The normalized spacial score (nSPS) is 16.4. The van der Waals surface area contributed by atoms with E-state index in [1.165, 1.54) is 12.1 Å². The minimum Gasteiger partial charge on any atom is -0.381 e. The number of hydrogen-bond acceptors (Lipinski definition) is 4. The van der Waals surface area contributed by atoms with Crippen LogP contribution in [0.15, 0.2) is 29.2 Å². The molecule has 1 saturated heterocycles. The Bertz CT molecular complexity index is 592. The zero-order valence-corrected chi connectivity index (χ0v) is 13.3. The van der Waals surface area contributed by atoms with E-state index in [-0.39, 0.29) is 10.8 Å². The predicted octanol–water partition coefficient (Wildman–Crippen LogP) is 1.16. The molecule has 1 aromatic carbocycles. The maximum Gasteiger partial charge on any atom is 0.238 e. The summed E-state index contributed by atoms with van der Waals surface area (Å²) < 4.78 is 27.6. The maximum absolute atomic E-state index is 11.8. The summed E-state index contributed by atoms with van der Waals surface area (Å²) in [6.07, 6.45) is 3.46. The number of primary sulfonamides is 1. The minimum absolute atomic E-state index is 0.0158. The fraction of sp³-hybridized carbons (Fsp3) is 0.533. The number of rotatable bonds is 6. The molecule has 1 heterocycles. The molecular formula is C15H22N2O4S. The average molecular weight is 326 g/mol. The molecule has 22 heavy (non-hydrogen) atoms. The summed E-state index contributed by atoms with van der Waals surface area (Å²) in [5.41, 5.74) is 0.840. The van der Waals surface area contributed by atoms with E-state index in [4.69, 9.17) is 9.88 Å². The van der Waals surface area contributed by atoms with Crippen LogP contribution in [0.1, 0.15) is 31.2 Å². The smallest absolute Gasteiger partial charge is 0.238 e. The molecule has 7 heteroatoms. The van der Waals surface area contributed by atoms with Crippen molar-refractivity contribution >= 4 is 15.9 Å². The molecule has 1 aliphatic heterocycles. The molecule has 0 bridgehead atoms. The highest BCUT2D eigenvalue weighted by Gasteiger charge is 2.15. The molecule has 0 aromatic heterocycles. The van der Waals surface area contributed by atoms with Gasteiger partial charge in [0.15, 0.2) is 0 Å². The van der Waals surface area contributed by atoms with Crippen molar-refractivity contribution in [2.24, 2.45) is 11.1 Å². The summed E-state index contributed by atoms with van der Waals surface area (Å²) in [5, 5.41) is 7.88. The lowest BCUT2D eigenvalue weighted by Gasteiger charge is -2.21. The van der Waals surface area contributed by atoms with Gasteiger partial charge in [0, 0.05) is 26.2 Å². The Morgan fingerprint density at radius 3 is 2.45 bits per heavy atom. The van der Waals surface area contributed by atoms with Crippen molar-refractivity contribution < 1.29 is 17.9 Å². The van der Waals surface area contributed by atoms with Crippen molar-refractivity contribution in [1.82, 2.24) is 5.32 Å². The van der Waals surface area contributed by atoms with E-state index in [0.29, 0.717) is 18.9 Å². The van der Waals surface area contributed by atoms with Crippen LogP contribution in [0.5, 0.6) is 0 Å². The number of benzene rings is 1. The van der Waals surface area contributed by atoms with Crippen molar-refractivity contribution in [1.29, 1.82) is 0 Å². The summed E-state index contributed by atoms with van der Waals surface area (Å²) in [4.78, 5) is 11.9. The number of carbonyl (C=O) groups is 1. The van der Waals surface area contributed by atoms with Crippen molar-refractivity contribution in [3.05, 3.63) is 29.8 Å². The summed E-state index contributed by atoms with van der Waals surface area (Å²) in [5.74, 6) is 0.593. The van der Waals surface area contributed by atoms with Gasteiger partial charge in [0.25, 0.3) is 0 Å².